The first-order chi connectivity index (χ1) is 5.54. The Balaban J connectivity index is -0.000000605. The molecule has 0 aliphatic rings. The predicted molar refractivity (Wildman–Crippen MR) is 41.3 cm³/mol. The van der Waals surface area contributed by atoms with Crippen LogP contribution in [0.25, 0.3) is 0 Å². The Morgan fingerprint density at radius 3 is 1.21 bits per heavy atom. The van der Waals surface area contributed by atoms with Gasteiger partial charge in [0.1, 0.15) is 0 Å². The largest absolute Gasteiger partial charge is 0.637 e. The van der Waals surface area contributed by atoms with Gasteiger partial charge in [0.2, 0.25) is 0 Å². The summed E-state index contributed by atoms with van der Waals surface area (Å²) >= 11 is 0. The van der Waals surface area contributed by atoms with Gasteiger partial charge < -0.3 is 9.47 Å². The number of hydrogen-bond donors (Lipinski definition) is 0. The molecule has 0 saturated carbocycles. The normalized spacial score (nSPS) is 10.0. The first-order valence-corrected chi connectivity index (χ1v) is 3.14. The minimum atomic E-state index is -0.655. The number of carbonyl (C=O) groups excluding carboxylic acids is 2. The summed E-state index contributed by atoms with van der Waals surface area (Å²) in [6, 6.07) is 0. The van der Waals surface area contributed by atoms with Gasteiger partial charge in [0, 0.05) is 11.1 Å². The van der Waals surface area contributed by atoms with E-state index in [1.165, 1.54) is 13.8 Å². The van der Waals surface area contributed by atoms with E-state index in [2.05, 4.69) is 23.7 Å². The minimum absolute atomic E-state index is 0. The third kappa shape index (κ3) is 3.18. The quantitative estimate of drug-likeness (QED) is 0.245. The zero-order valence-corrected chi connectivity index (χ0v) is 21.3. The molecule has 0 fully saturated rings. The summed E-state index contributed by atoms with van der Waals surface area (Å²) in [5, 5.41) is 0. The van der Waals surface area contributed by atoms with Crippen molar-refractivity contribution >= 4 is 11.9 Å². The van der Waals surface area contributed by atoms with Crippen LogP contribution in [0.3, 0.4) is 0 Å². The fourth-order valence-corrected chi connectivity index (χ4v) is 0.523. The van der Waals surface area contributed by atoms with E-state index in [4.69, 9.17) is 0 Å². The molecule has 0 aromatic rings. The average molecular weight is 704 g/mol. The third-order valence-corrected chi connectivity index (χ3v) is 1.44. The summed E-state index contributed by atoms with van der Waals surface area (Å²) in [6.07, 6.45) is 0. The summed E-state index contributed by atoms with van der Waals surface area (Å²) < 4.78 is 8.31. The van der Waals surface area contributed by atoms with Gasteiger partial charge in [-0.1, -0.05) is 0 Å². The molecule has 0 rings (SSSR count). The van der Waals surface area contributed by atoms with E-state index in [0.29, 0.717) is 0 Å². The van der Waals surface area contributed by atoms with Crippen molar-refractivity contribution in [2.24, 2.45) is 0 Å². The smallest absolute Gasteiger partial charge is 0.302 e. The Morgan fingerprint density at radius 2 is 1.07 bits per heavy atom. The van der Waals surface area contributed by atoms with Crippen LogP contribution in [0.2, 0.25) is 0 Å². The van der Waals surface area contributed by atoms with Gasteiger partial charge in [-0.05, 0) is 13.8 Å². The molecule has 0 N–H and O–H groups in total. The standard InChI is InChI=1S/C8H10O4.2Rf/c1-5(7(9)11-3)6(2)8(10)12-4;;/h3-4H2,1-2H3;;/q-2;;/b6-5-;;. The Kier molecular flexibility index (Phi) is 7.75. The maximum atomic E-state index is 10.8. The molecule has 0 amide bonds. The molecule has 4 nitrogen and oxygen atoms in total. The van der Waals surface area contributed by atoms with Crippen LogP contribution in [-0.4, -0.2) is 11.9 Å². The van der Waals surface area contributed by atoms with Crippen LogP contribution in [0.5, 0.6) is 0 Å². The topological polar surface area (TPSA) is 52.6 Å². The fraction of sp³-hybridized carbons (Fsp3) is 0.250. The van der Waals surface area contributed by atoms with Crippen LogP contribution in [-0.2, 0) is 19.1 Å². The molecule has 0 spiro atoms. The summed E-state index contributed by atoms with van der Waals surface area (Å²) in [6.45, 7) is 2.89. The van der Waals surface area contributed by atoms with E-state index in [-0.39, 0.29) is 11.1 Å². The predicted octanol–water partition coefficient (Wildman–Crippen LogP) is 0.992. The van der Waals surface area contributed by atoms with Crippen molar-refractivity contribution in [1.29, 1.82) is 0 Å². The van der Waals surface area contributed by atoms with Gasteiger partial charge in [-0.2, -0.15) is 14.2 Å². The van der Waals surface area contributed by atoms with Gasteiger partial charge in [-0.3, -0.25) is 0 Å². The molecule has 0 aliphatic carbocycles. The van der Waals surface area contributed by atoms with Crippen LogP contribution >= 0.6 is 0 Å². The monoisotopic (exact) mass is 704 g/mol. The van der Waals surface area contributed by atoms with Crippen LogP contribution in [0.4, 0.5) is 0 Å². The molecule has 0 aromatic heterocycles. The molecule has 14 heavy (non-hydrogen) atoms. The van der Waals surface area contributed by atoms with E-state index in [0.717, 1.165) is 0 Å². The van der Waals surface area contributed by atoms with Gasteiger partial charge in [0.05, 0.1) is 0 Å². The van der Waals surface area contributed by atoms with Crippen molar-refractivity contribution in [1.82, 2.24) is 0 Å². The van der Waals surface area contributed by atoms with Crippen LogP contribution in [0, 0.1) is 14.2 Å². The van der Waals surface area contributed by atoms with Gasteiger partial charge in [-0.25, -0.2) is 9.59 Å². The van der Waals surface area contributed by atoms with Crippen molar-refractivity contribution in [3.05, 3.63) is 25.4 Å². The second-order valence-electron chi connectivity index (χ2n) is 2.11. The second-order valence-corrected chi connectivity index (χ2v) is 2.11. The van der Waals surface area contributed by atoms with Crippen molar-refractivity contribution in [2.75, 3.05) is 0 Å². The molecule has 6 heteroatoms. The average Bonchev–Trinajstić information content (AvgIpc) is 2.12. The summed E-state index contributed by atoms with van der Waals surface area (Å²) in [7, 11) is 5.85. The molecule has 0 aliphatic heterocycles. The zero-order valence-electron chi connectivity index (χ0n) is 8.46. The first kappa shape index (κ1) is 17.0. The van der Waals surface area contributed by atoms with Crippen LogP contribution < -0.4 is 0 Å². The first-order valence-electron chi connectivity index (χ1n) is 3.14. The summed E-state index contributed by atoms with van der Waals surface area (Å²) in [4.78, 5) is 21.6. The van der Waals surface area contributed by atoms with Gasteiger partial charge >= 0.3 is 11.9 Å². The number of ether oxygens (including phenoxy) is 2. The number of rotatable bonds is 2. The van der Waals surface area contributed by atoms with E-state index >= 15 is 0 Å². The van der Waals surface area contributed by atoms with Gasteiger partial charge in [-0.15, -0.1) is 0 Å². The maximum Gasteiger partial charge on any atom is 0.302 e. The molecule has 0 aromatic carbocycles. The third-order valence-electron chi connectivity index (χ3n) is 1.44. The van der Waals surface area contributed by atoms with E-state index in [1.807, 2.05) is 0 Å². The molecule has 0 heterocycles. The molecule has 72 valence electrons. The van der Waals surface area contributed by atoms with Crippen LogP contribution in [0.1, 0.15) is 13.8 Å². The number of carbonyl (C=O) groups is 2. The molecule has 0 radical (unpaired) electrons. The number of hydrogen-bond acceptors (Lipinski definition) is 4. The Hall–Kier alpha value is -3.32. The Bertz CT molecular complexity index is 211. The fourth-order valence-electron chi connectivity index (χ4n) is 0.523. The maximum absolute atomic E-state index is 10.8. The van der Waals surface area contributed by atoms with Gasteiger partial charge in [0.25, 0.3) is 0 Å². The number of esters is 2. The van der Waals surface area contributed by atoms with Crippen molar-refractivity contribution in [2.45, 2.75) is 13.8 Å². The van der Waals surface area contributed by atoms with E-state index in [9.17, 15) is 9.59 Å². The molecular formula is C8H10O4Rf2-2. The second kappa shape index (κ2) is 6.39. The Morgan fingerprint density at radius 1 is 0.857 bits per heavy atom. The van der Waals surface area contributed by atoms with E-state index < -0.39 is 11.9 Å². The minimum Gasteiger partial charge on any atom is -0.637 e. The van der Waals surface area contributed by atoms with Crippen molar-refractivity contribution in [3.8, 4) is 0 Å². The van der Waals surface area contributed by atoms with Crippen molar-refractivity contribution in [3.63, 3.8) is 0 Å². The van der Waals surface area contributed by atoms with Crippen molar-refractivity contribution < 1.29 is 19.1 Å². The summed E-state index contributed by atoms with van der Waals surface area (Å²) in [5.74, 6) is -1.31. The molecule has 0 unspecified atom stereocenters. The van der Waals surface area contributed by atoms with E-state index in [1.54, 1.807) is 0 Å². The zero-order chi connectivity index (χ0) is 9.72. The van der Waals surface area contributed by atoms with Crippen LogP contribution in [0.15, 0.2) is 11.1 Å². The Labute approximate surface area is 71.2 Å². The summed E-state index contributed by atoms with van der Waals surface area (Å²) in [5.41, 5.74) is 0.331. The van der Waals surface area contributed by atoms with Gasteiger partial charge in [0.15, 0.2) is 0 Å². The SMILES string of the molecule is [CH2-]OC(=O)/C(C)=C(/C)C(=O)O[CH2-].[Rf].[Rf]. The molecule has 0 atom stereocenters. The molecular weight excluding hydrogens is 694 g/mol. The molecule has 0 saturated heterocycles. The molecule has 0 bridgehead atoms.